The Morgan fingerprint density at radius 2 is 2.42 bits per heavy atom. The Balaban J connectivity index is 2.14. The summed E-state index contributed by atoms with van der Waals surface area (Å²) >= 11 is 0. The first-order chi connectivity index (χ1) is 9.13. The molecule has 104 valence electrons. The number of nitrogens with zero attached hydrogens (tertiary/aromatic N) is 2. The molecule has 1 aliphatic heterocycles. The third-order valence-corrected chi connectivity index (χ3v) is 3.41. The molecule has 1 aromatic rings. The Kier molecular flexibility index (Phi) is 4.31. The number of nitrogens with one attached hydrogen (secondary N) is 1. The van der Waals surface area contributed by atoms with Crippen LogP contribution in [-0.4, -0.2) is 36.1 Å². The molecule has 7 heteroatoms. The molecular formula is C12H18N4O3. The molecule has 1 aliphatic rings. The van der Waals surface area contributed by atoms with Crippen molar-refractivity contribution in [3.05, 3.63) is 33.9 Å². The molecule has 7 nitrogen and oxygen atoms in total. The Labute approximate surface area is 111 Å². The number of methoxy groups -OCH3 is 1. The van der Waals surface area contributed by atoms with E-state index in [1.807, 2.05) is 0 Å². The summed E-state index contributed by atoms with van der Waals surface area (Å²) in [6, 6.07) is 4.65. The van der Waals surface area contributed by atoms with Crippen LogP contribution >= 0.6 is 0 Å². The number of nitro groups is 1. The highest BCUT2D eigenvalue weighted by Crippen LogP contribution is 2.24. The number of rotatable bonds is 5. The Bertz CT molecular complexity index is 466. The number of benzene rings is 1. The highest BCUT2D eigenvalue weighted by molar-refractivity contribution is 5.55. The summed E-state index contributed by atoms with van der Waals surface area (Å²) < 4.78 is 5.31. The number of ether oxygens (including phenoxy) is 1. The van der Waals surface area contributed by atoms with Gasteiger partial charge >= 0.3 is 0 Å². The van der Waals surface area contributed by atoms with Crippen LogP contribution in [0.15, 0.2) is 18.2 Å². The SMILES string of the molecule is COC1CCN(Cc2cc([N+](=O)[O-])ccc2NN)C1. The second kappa shape index (κ2) is 5.96. The summed E-state index contributed by atoms with van der Waals surface area (Å²) in [5.74, 6) is 5.44. The fraction of sp³-hybridized carbons (Fsp3) is 0.500. The van der Waals surface area contributed by atoms with E-state index in [1.54, 1.807) is 19.2 Å². The van der Waals surface area contributed by atoms with Crippen molar-refractivity contribution in [2.75, 3.05) is 25.6 Å². The van der Waals surface area contributed by atoms with Crippen LogP contribution in [0.5, 0.6) is 0 Å². The third-order valence-electron chi connectivity index (χ3n) is 3.41. The molecule has 0 saturated carbocycles. The van der Waals surface area contributed by atoms with E-state index < -0.39 is 4.92 Å². The lowest BCUT2D eigenvalue weighted by Crippen LogP contribution is -2.23. The van der Waals surface area contributed by atoms with Crippen molar-refractivity contribution in [3.63, 3.8) is 0 Å². The topological polar surface area (TPSA) is 93.7 Å². The zero-order valence-corrected chi connectivity index (χ0v) is 10.8. The van der Waals surface area contributed by atoms with Crippen molar-refractivity contribution in [3.8, 4) is 0 Å². The smallest absolute Gasteiger partial charge is 0.269 e. The normalized spacial score (nSPS) is 19.6. The minimum absolute atomic E-state index is 0.0801. The van der Waals surface area contributed by atoms with Crippen molar-refractivity contribution < 1.29 is 9.66 Å². The van der Waals surface area contributed by atoms with E-state index in [0.717, 1.165) is 25.1 Å². The average Bonchev–Trinajstić information content (AvgIpc) is 2.86. The predicted molar refractivity (Wildman–Crippen MR) is 71.6 cm³/mol. The molecule has 1 aromatic carbocycles. The molecule has 1 unspecified atom stereocenters. The molecule has 1 fully saturated rings. The van der Waals surface area contributed by atoms with Crippen LogP contribution in [0.2, 0.25) is 0 Å². The van der Waals surface area contributed by atoms with Crippen LogP contribution in [0.3, 0.4) is 0 Å². The van der Waals surface area contributed by atoms with E-state index >= 15 is 0 Å². The summed E-state index contributed by atoms with van der Waals surface area (Å²) in [4.78, 5) is 12.6. The largest absolute Gasteiger partial charge is 0.380 e. The van der Waals surface area contributed by atoms with Gasteiger partial charge in [-0.2, -0.15) is 0 Å². The van der Waals surface area contributed by atoms with Crippen molar-refractivity contribution in [2.45, 2.75) is 19.1 Å². The Hall–Kier alpha value is -1.70. The first-order valence-corrected chi connectivity index (χ1v) is 6.13. The molecule has 1 saturated heterocycles. The first kappa shape index (κ1) is 13.7. The van der Waals surface area contributed by atoms with Crippen LogP contribution in [0.4, 0.5) is 11.4 Å². The van der Waals surface area contributed by atoms with E-state index in [-0.39, 0.29) is 11.8 Å². The number of anilines is 1. The van der Waals surface area contributed by atoms with Crippen molar-refractivity contribution in [1.82, 2.24) is 4.90 Å². The van der Waals surface area contributed by atoms with Gasteiger partial charge in [-0.25, -0.2) is 0 Å². The molecule has 0 amide bonds. The predicted octanol–water partition coefficient (Wildman–Crippen LogP) is 1.10. The van der Waals surface area contributed by atoms with E-state index in [1.165, 1.54) is 6.07 Å². The van der Waals surface area contributed by atoms with Crippen LogP contribution < -0.4 is 11.3 Å². The van der Waals surface area contributed by atoms with Gasteiger partial charge in [0, 0.05) is 38.9 Å². The maximum Gasteiger partial charge on any atom is 0.269 e. The van der Waals surface area contributed by atoms with Gasteiger partial charge in [-0.1, -0.05) is 0 Å². The number of hydrogen-bond acceptors (Lipinski definition) is 6. The lowest BCUT2D eigenvalue weighted by molar-refractivity contribution is -0.384. The second-order valence-electron chi connectivity index (χ2n) is 4.62. The molecule has 0 radical (unpaired) electrons. The summed E-state index contributed by atoms with van der Waals surface area (Å²) in [6.07, 6.45) is 1.23. The van der Waals surface area contributed by atoms with E-state index in [4.69, 9.17) is 10.6 Å². The Morgan fingerprint density at radius 3 is 3.00 bits per heavy atom. The van der Waals surface area contributed by atoms with E-state index in [0.29, 0.717) is 12.2 Å². The van der Waals surface area contributed by atoms with Crippen molar-refractivity contribution >= 4 is 11.4 Å². The van der Waals surface area contributed by atoms with Gasteiger partial charge in [-0.05, 0) is 18.1 Å². The van der Waals surface area contributed by atoms with Gasteiger partial charge in [0.25, 0.3) is 5.69 Å². The standard InChI is InChI=1S/C12H18N4O3/c1-19-11-4-5-15(8-11)7-9-6-10(16(17)18)2-3-12(9)14-13/h2-3,6,11,14H,4-5,7-8,13H2,1H3. The third kappa shape index (κ3) is 3.19. The number of nitrogen functional groups attached to an aromatic ring is 1. The van der Waals surface area contributed by atoms with Crippen LogP contribution in [0.1, 0.15) is 12.0 Å². The zero-order chi connectivity index (χ0) is 13.8. The molecule has 19 heavy (non-hydrogen) atoms. The number of nitro benzene ring substituents is 1. The maximum absolute atomic E-state index is 10.8. The molecule has 1 heterocycles. The molecule has 2 rings (SSSR count). The molecule has 0 bridgehead atoms. The zero-order valence-electron chi connectivity index (χ0n) is 10.8. The first-order valence-electron chi connectivity index (χ1n) is 6.13. The van der Waals surface area contributed by atoms with Crippen molar-refractivity contribution in [2.24, 2.45) is 5.84 Å². The van der Waals surface area contributed by atoms with Gasteiger partial charge in [0.15, 0.2) is 0 Å². The van der Waals surface area contributed by atoms with E-state index in [9.17, 15) is 10.1 Å². The van der Waals surface area contributed by atoms with Gasteiger partial charge in [-0.3, -0.25) is 20.9 Å². The minimum atomic E-state index is -0.397. The van der Waals surface area contributed by atoms with Gasteiger partial charge in [-0.15, -0.1) is 0 Å². The van der Waals surface area contributed by atoms with Crippen molar-refractivity contribution in [1.29, 1.82) is 0 Å². The average molecular weight is 266 g/mol. The fourth-order valence-corrected chi connectivity index (χ4v) is 2.34. The molecule has 0 aromatic heterocycles. The summed E-state index contributed by atoms with van der Waals surface area (Å²) in [6.45, 7) is 2.38. The molecule has 3 N–H and O–H groups in total. The van der Waals surface area contributed by atoms with Crippen LogP contribution in [0, 0.1) is 10.1 Å². The quantitative estimate of drug-likeness (QED) is 0.471. The summed E-state index contributed by atoms with van der Waals surface area (Å²) in [5.41, 5.74) is 4.20. The maximum atomic E-state index is 10.8. The van der Waals surface area contributed by atoms with Crippen LogP contribution in [0.25, 0.3) is 0 Å². The lowest BCUT2D eigenvalue weighted by Gasteiger charge is -2.17. The molecular weight excluding hydrogens is 248 g/mol. The van der Waals surface area contributed by atoms with Gasteiger partial charge in [0.05, 0.1) is 16.7 Å². The molecule has 0 aliphatic carbocycles. The van der Waals surface area contributed by atoms with Gasteiger partial charge in [0.1, 0.15) is 0 Å². The Morgan fingerprint density at radius 1 is 1.63 bits per heavy atom. The number of hydrazine groups is 1. The number of nitrogens with two attached hydrogens (primary N) is 1. The van der Waals surface area contributed by atoms with E-state index in [2.05, 4.69) is 10.3 Å². The molecule has 1 atom stereocenters. The monoisotopic (exact) mass is 266 g/mol. The highest BCUT2D eigenvalue weighted by atomic mass is 16.6. The number of non-ortho nitro benzene ring substituents is 1. The summed E-state index contributed by atoms with van der Waals surface area (Å²) in [7, 11) is 1.70. The lowest BCUT2D eigenvalue weighted by atomic mass is 10.1. The summed E-state index contributed by atoms with van der Waals surface area (Å²) in [5, 5.41) is 10.8. The number of likely N-dealkylation sites (tertiary alicyclic amines) is 1. The molecule has 0 spiro atoms. The van der Waals surface area contributed by atoms with Gasteiger partial charge < -0.3 is 10.2 Å². The fourth-order valence-electron chi connectivity index (χ4n) is 2.34. The number of hydrogen-bond donors (Lipinski definition) is 2. The van der Waals surface area contributed by atoms with Crippen LogP contribution in [-0.2, 0) is 11.3 Å². The van der Waals surface area contributed by atoms with Gasteiger partial charge in [0.2, 0.25) is 0 Å². The minimum Gasteiger partial charge on any atom is -0.380 e. The highest BCUT2D eigenvalue weighted by Gasteiger charge is 2.23. The second-order valence-corrected chi connectivity index (χ2v) is 4.62.